The van der Waals surface area contributed by atoms with Crippen molar-refractivity contribution in [3.05, 3.63) is 58.6 Å². The molecule has 1 aliphatic carbocycles. The molecule has 0 bridgehead atoms. The summed E-state index contributed by atoms with van der Waals surface area (Å²) in [6.45, 7) is 0. The van der Waals surface area contributed by atoms with Gasteiger partial charge in [-0.05, 0) is 49.2 Å². The summed E-state index contributed by atoms with van der Waals surface area (Å²) < 4.78 is 27.5. The molecule has 0 aliphatic heterocycles. The second-order valence-corrected chi connectivity index (χ2v) is 9.51. The molecule has 0 saturated heterocycles. The summed E-state index contributed by atoms with van der Waals surface area (Å²) in [5.74, 6) is -0.455. The number of carbonyl (C=O) groups excluding carboxylic acids is 1. The first-order valence-electron chi connectivity index (χ1n) is 9.42. The maximum atomic E-state index is 13.0. The molecule has 2 aromatic rings. The molecule has 0 heterocycles. The Labute approximate surface area is 176 Å². The van der Waals surface area contributed by atoms with Crippen molar-refractivity contribution in [2.75, 3.05) is 12.4 Å². The maximum absolute atomic E-state index is 13.0. The fourth-order valence-corrected chi connectivity index (χ4v) is 5.18. The molecule has 3 rings (SSSR count). The lowest BCUT2D eigenvalue weighted by Gasteiger charge is -2.30. The lowest BCUT2D eigenvalue weighted by molar-refractivity contribution is 0.102. The number of nitriles is 1. The Balaban J connectivity index is 1.80. The summed E-state index contributed by atoms with van der Waals surface area (Å²) in [6, 6.07) is 12.5. The second kappa shape index (κ2) is 8.95. The van der Waals surface area contributed by atoms with E-state index in [-0.39, 0.29) is 21.5 Å². The summed E-state index contributed by atoms with van der Waals surface area (Å²) in [5, 5.41) is 11.8. The normalized spacial score (nSPS) is 15.1. The van der Waals surface area contributed by atoms with Gasteiger partial charge in [-0.2, -0.15) is 9.57 Å². The van der Waals surface area contributed by atoms with E-state index in [2.05, 4.69) is 5.32 Å². The number of nitrogens with one attached hydrogen (secondary N) is 1. The van der Waals surface area contributed by atoms with E-state index in [0.29, 0.717) is 11.3 Å². The van der Waals surface area contributed by atoms with Gasteiger partial charge in [0.05, 0.1) is 15.5 Å². The van der Waals surface area contributed by atoms with Crippen molar-refractivity contribution in [1.82, 2.24) is 4.31 Å². The largest absolute Gasteiger partial charge is 0.322 e. The molecule has 152 valence electrons. The Morgan fingerprint density at radius 3 is 2.55 bits per heavy atom. The smallest absolute Gasteiger partial charge is 0.255 e. The SMILES string of the molecule is CN(C1CCCCC1)S(=O)(=O)c1cccc(C(=O)Nc2ccc(C#N)c(Cl)c2)c1. The Kier molecular flexibility index (Phi) is 6.58. The van der Waals surface area contributed by atoms with Crippen LogP contribution in [0.3, 0.4) is 0 Å². The maximum Gasteiger partial charge on any atom is 0.255 e. The predicted octanol–water partition coefficient (Wildman–Crippen LogP) is 4.42. The van der Waals surface area contributed by atoms with Crippen LogP contribution in [-0.2, 0) is 10.0 Å². The van der Waals surface area contributed by atoms with E-state index in [0.717, 1.165) is 32.1 Å². The number of benzene rings is 2. The molecular weight excluding hydrogens is 410 g/mol. The molecule has 1 N–H and O–H groups in total. The third-order valence-corrected chi connectivity index (χ3v) is 7.43. The summed E-state index contributed by atoms with van der Waals surface area (Å²) in [4.78, 5) is 12.7. The van der Waals surface area contributed by atoms with Crippen molar-refractivity contribution >= 4 is 33.2 Å². The number of nitrogens with zero attached hydrogens (tertiary/aromatic N) is 2. The zero-order valence-electron chi connectivity index (χ0n) is 16.1. The third-order valence-electron chi connectivity index (χ3n) is 5.21. The first-order valence-corrected chi connectivity index (χ1v) is 11.2. The lowest BCUT2D eigenvalue weighted by atomic mass is 9.96. The molecule has 1 fully saturated rings. The van der Waals surface area contributed by atoms with Gasteiger partial charge in [0.15, 0.2) is 0 Å². The quantitative estimate of drug-likeness (QED) is 0.758. The van der Waals surface area contributed by atoms with Gasteiger partial charge in [0.25, 0.3) is 5.91 Å². The summed E-state index contributed by atoms with van der Waals surface area (Å²) in [6.07, 6.45) is 4.91. The first kappa shape index (κ1) is 21.3. The number of amides is 1. The molecule has 0 aromatic heterocycles. The van der Waals surface area contributed by atoms with Crippen molar-refractivity contribution in [2.45, 2.75) is 43.0 Å². The van der Waals surface area contributed by atoms with E-state index in [1.54, 1.807) is 25.2 Å². The monoisotopic (exact) mass is 431 g/mol. The van der Waals surface area contributed by atoms with Gasteiger partial charge < -0.3 is 5.32 Å². The number of sulfonamides is 1. The van der Waals surface area contributed by atoms with Crippen LogP contribution in [0.1, 0.15) is 48.0 Å². The van der Waals surface area contributed by atoms with E-state index in [1.165, 1.54) is 28.6 Å². The zero-order chi connectivity index (χ0) is 21.0. The van der Waals surface area contributed by atoms with Crippen molar-refractivity contribution < 1.29 is 13.2 Å². The molecule has 0 radical (unpaired) electrons. The molecule has 1 saturated carbocycles. The average molecular weight is 432 g/mol. The minimum Gasteiger partial charge on any atom is -0.322 e. The van der Waals surface area contributed by atoms with Crippen molar-refractivity contribution in [1.29, 1.82) is 5.26 Å². The van der Waals surface area contributed by atoms with Gasteiger partial charge >= 0.3 is 0 Å². The fraction of sp³-hybridized carbons (Fsp3) is 0.333. The number of anilines is 1. The van der Waals surface area contributed by atoms with E-state index >= 15 is 0 Å². The number of hydrogen-bond donors (Lipinski definition) is 1. The molecule has 1 amide bonds. The van der Waals surface area contributed by atoms with Gasteiger partial charge in [-0.3, -0.25) is 4.79 Å². The Morgan fingerprint density at radius 1 is 1.17 bits per heavy atom. The highest BCUT2D eigenvalue weighted by Gasteiger charge is 2.29. The Morgan fingerprint density at radius 2 is 1.90 bits per heavy atom. The van der Waals surface area contributed by atoms with Gasteiger partial charge in [-0.15, -0.1) is 0 Å². The molecule has 1 aliphatic rings. The molecule has 2 aromatic carbocycles. The molecule has 0 unspecified atom stereocenters. The molecule has 6 nitrogen and oxygen atoms in total. The number of rotatable bonds is 5. The highest BCUT2D eigenvalue weighted by Crippen LogP contribution is 2.27. The van der Waals surface area contributed by atoms with E-state index in [9.17, 15) is 13.2 Å². The van der Waals surface area contributed by atoms with Gasteiger partial charge in [-0.1, -0.05) is 36.9 Å². The first-order chi connectivity index (χ1) is 13.8. The Bertz CT molecular complexity index is 1060. The van der Waals surface area contributed by atoms with Gasteiger partial charge in [0.1, 0.15) is 6.07 Å². The Hall–Kier alpha value is -2.40. The third kappa shape index (κ3) is 4.78. The van der Waals surface area contributed by atoms with Crippen molar-refractivity contribution in [3.8, 4) is 6.07 Å². The summed E-state index contributed by atoms with van der Waals surface area (Å²) in [7, 11) is -2.08. The van der Waals surface area contributed by atoms with Gasteiger partial charge in [-0.25, -0.2) is 8.42 Å². The van der Waals surface area contributed by atoms with Crippen LogP contribution >= 0.6 is 11.6 Å². The van der Waals surface area contributed by atoms with E-state index in [4.69, 9.17) is 16.9 Å². The van der Waals surface area contributed by atoms with Crippen LogP contribution in [0, 0.1) is 11.3 Å². The minimum atomic E-state index is -3.69. The van der Waals surface area contributed by atoms with Crippen LogP contribution in [0.15, 0.2) is 47.4 Å². The zero-order valence-corrected chi connectivity index (χ0v) is 17.6. The van der Waals surface area contributed by atoms with Crippen LogP contribution in [-0.4, -0.2) is 31.7 Å². The van der Waals surface area contributed by atoms with Crippen LogP contribution < -0.4 is 5.32 Å². The van der Waals surface area contributed by atoms with E-state index < -0.39 is 15.9 Å². The molecule has 0 atom stereocenters. The molecule has 29 heavy (non-hydrogen) atoms. The predicted molar refractivity (Wildman–Crippen MR) is 112 cm³/mol. The molecular formula is C21H22ClN3O3S. The average Bonchev–Trinajstić information content (AvgIpc) is 2.74. The van der Waals surface area contributed by atoms with E-state index in [1.807, 2.05) is 6.07 Å². The highest BCUT2D eigenvalue weighted by atomic mass is 35.5. The standard InChI is InChI=1S/C21H22ClN3O3S/c1-25(18-7-3-2-4-8-18)29(27,28)19-9-5-6-15(12-19)21(26)24-17-11-10-16(14-23)20(22)13-17/h5-6,9-13,18H,2-4,7-8H2,1H3,(H,24,26). The minimum absolute atomic E-state index is 0.00739. The molecule has 8 heteroatoms. The number of hydrogen-bond acceptors (Lipinski definition) is 4. The second-order valence-electron chi connectivity index (χ2n) is 7.10. The summed E-state index contributed by atoms with van der Waals surface area (Å²) in [5.41, 5.74) is 0.957. The number of carbonyl (C=O) groups is 1. The van der Waals surface area contributed by atoms with Crippen molar-refractivity contribution in [3.63, 3.8) is 0 Å². The lowest BCUT2D eigenvalue weighted by Crippen LogP contribution is -2.38. The highest BCUT2D eigenvalue weighted by molar-refractivity contribution is 7.89. The number of halogens is 1. The van der Waals surface area contributed by atoms with Crippen LogP contribution in [0.2, 0.25) is 5.02 Å². The van der Waals surface area contributed by atoms with Gasteiger partial charge in [0.2, 0.25) is 10.0 Å². The van der Waals surface area contributed by atoms with Crippen LogP contribution in [0.4, 0.5) is 5.69 Å². The fourth-order valence-electron chi connectivity index (χ4n) is 3.49. The summed E-state index contributed by atoms with van der Waals surface area (Å²) >= 11 is 5.99. The van der Waals surface area contributed by atoms with Crippen molar-refractivity contribution in [2.24, 2.45) is 0 Å². The van der Waals surface area contributed by atoms with Crippen LogP contribution in [0.25, 0.3) is 0 Å². The topological polar surface area (TPSA) is 90.3 Å². The van der Waals surface area contributed by atoms with Gasteiger partial charge in [0, 0.05) is 24.3 Å². The van der Waals surface area contributed by atoms with Crippen LogP contribution in [0.5, 0.6) is 0 Å². The molecule has 0 spiro atoms.